The predicted molar refractivity (Wildman–Crippen MR) is 60.1 cm³/mol. The fourth-order valence-electron chi connectivity index (χ4n) is 1.26. The van der Waals surface area contributed by atoms with Crippen LogP contribution in [0.3, 0.4) is 0 Å². The molecule has 0 amide bonds. The first-order valence-corrected chi connectivity index (χ1v) is 5.13. The second-order valence-corrected chi connectivity index (χ2v) is 3.71. The third-order valence-electron chi connectivity index (χ3n) is 2.06. The molecule has 0 aromatic heterocycles. The first-order chi connectivity index (χ1) is 8.08. The molecule has 0 spiro atoms. The molecule has 0 heterocycles. The van der Waals surface area contributed by atoms with E-state index in [4.69, 9.17) is 4.74 Å². The first kappa shape index (κ1) is 11.9. The van der Waals surface area contributed by atoms with Crippen LogP contribution in [0.15, 0.2) is 41.3 Å². The molecule has 0 aliphatic carbocycles. The molecule has 17 heavy (non-hydrogen) atoms. The van der Waals surface area contributed by atoms with Crippen LogP contribution < -0.4 is 4.74 Å². The van der Waals surface area contributed by atoms with Gasteiger partial charge in [0, 0.05) is 6.07 Å². The van der Waals surface area contributed by atoms with Gasteiger partial charge in [0.25, 0.3) is 0 Å². The maximum Gasteiger partial charge on any atom is 0.181 e. The Kier molecular flexibility index (Phi) is 3.28. The highest BCUT2D eigenvalue weighted by molar-refractivity contribution is 7.80. The summed E-state index contributed by atoms with van der Waals surface area (Å²) in [4.78, 5) is -0.432. The van der Waals surface area contributed by atoms with Crippen LogP contribution in [0.25, 0.3) is 0 Å². The molecule has 0 saturated carbocycles. The minimum atomic E-state index is -0.919. The van der Waals surface area contributed by atoms with Crippen molar-refractivity contribution in [3.8, 4) is 11.5 Å². The van der Waals surface area contributed by atoms with Crippen molar-refractivity contribution in [2.75, 3.05) is 0 Å². The molecule has 0 bridgehead atoms. The normalized spacial score (nSPS) is 10.4. The highest BCUT2D eigenvalue weighted by Gasteiger charge is 2.12. The number of hydrogen-bond acceptors (Lipinski definition) is 2. The highest BCUT2D eigenvalue weighted by atomic mass is 32.1. The number of halogens is 3. The summed E-state index contributed by atoms with van der Waals surface area (Å²) >= 11 is 3.66. The van der Waals surface area contributed by atoms with Crippen molar-refractivity contribution < 1.29 is 17.9 Å². The van der Waals surface area contributed by atoms with Crippen molar-refractivity contribution in [2.45, 2.75) is 4.90 Å². The molecule has 0 atom stereocenters. The van der Waals surface area contributed by atoms with Crippen molar-refractivity contribution in [3.63, 3.8) is 0 Å². The number of benzene rings is 2. The molecule has 88 valence electrons. The molecule has 2 aromatic rings. The predicted octanol–water partition coefficient (Wildman–Crippen LogP) is 4.18. The Hall–Kier alpha value is -1.62. The summed E-state index contributed by atoms with van der Waals surface area (Å²) in [6.07, 6.45) is 0. The van der Waals surface area contributed by atoms with Gasteiger partial charge in [-0.05, 0) is 24.3 Å². The van der Waals surface area contributed by atoms with E-state index in [-0.39, 0.29) is 11.5 Å². The SMILES string of the molecule is Fc1cccc(Oc2ccc(F)c(S)c2F)c1. The first-order valence-electron chi connectivity index (χ1n) is 4.68. The van der Waals surface area contributed by atoms with Gasteiger partial charge in [-0.3, -0.25) is 0 Å². The minimum Gasteiger partial charge on any atom is -0.454 e. The van der Waals surface area contributed by atoms with E-state index in [1.165, 1.54) is 18.2 Å². The Labute approximate surface area is 101 Å². The van der Waals surface area contributed by atoms with E-state index < -0.39 is 22.3 Å². The molecule has 2 aromatic carbocycles. The lowest BCUT2D eigenvalue weighted by Crippen LogP contribution is -1.92. The maximum atomic E-state index is 13.5. The van der Waals surface area contributed by atoms with Gasteiger partial charge >= 0.3 is 0 Å². The van der Waals surface area contributed by atoms with Gasteiger partial charge in [-0.25, -0.2) is 13.2 Å². The fraction of sp³-hybridized carbons (Fsp3) is 0. The van der Waals surface area contributed by atoms with Crippen molar-refractivity contribution in [1.29, 1.82) is 0 Å². The van der Waals surface area contributed by atoms with Crippen LogP contribution in [0.1, 0.15) is 0 Å². The van der Waals surface area contributed by atoms with E-state index in [2.05, 4.69) is 12.6 Å². The van der Waals surface area contributed by atoms with Gasteiger partial charge in [0.15, 0.2) is 11.6 Å². The molecule has 0 unspecified atom stereocenters. The van der Waals surface area contributed by atoms with E-state index >= 15 is 0 Å². The van der Waals surface area contributed by atoms with Gasteiger partial charge in [-0.2, -0.15) is 0 Å². The summed E-state index contributed by atoms with van der Waals surface area (Å²) in [6.45, 7) is 0. The summed E-state index contributed by atoms with van der Waals surface area (Å²) in [7, 11) is 0. The Bertz CT molecular complexity index is 557. The summed E-state index contributed by atoms with van der Waals surface area (Å²) in [5.74, 6) is -2.28. The van der Waals surface area contributed by atoms with Crippen LogP contribution in [-0.2, 0) is 0 Å². The van der Waals surface area contributed by atoms with Crippen LogP contribution >= 0.6 is 12.6 Å². The van der Waals surface area contributed by atoms with Gasteiger partial charge in [-0.1, -0.05) is 6.07 Å². The summed E-state index contributed by atoms with van der Waals surface area (Å²) in [5, 5.41) is 0. The quantitative estimate of drug-likeness (QED) is 0.793. The van der Waals surface area contributed by atoms with Crippen LogP contribution in [0.5, 0.6) is 11.5 Å². The van der Waals surface area contributed by atoms with E-state index in [0.29, 0.717) is 0 Å². The molecule has 0 saturated heterocycles. The lowest BCUT2D eigenvalue weighted by Gasteiger charge is -2.08. The smallest absolute Gasteiger partial charge is 0.181 e. The topological polar surface area (TPSA) is 9.23 Å². The van der Waals surface area contributed by atoms with E-state index in [1.54, 1.807) is 0 Å². The van der Waals surface area contributed by atoms with Gasteiger partial charge in [-0.15, -0.1) is 12.6 Å². The van der Waals surface area contributed by atoms with Crippen LogP contribution in [-0.4, -0.2) is 0 Å². The largest absolute Gasteiger partial charge is 0.454 e. The third-order valence-corrected chi connectivity index (χ3v) is 2.47. The monoisotopic (exact) mass is 256 g/mol. The summed E-state index contributed by atoms with van der Waals surface area (Å²) < 4.78 is 44.4. The maximum absolute atomic E-state index is 13.5. The molecular weight excluding hydrogens is 249 g/mol. The molecule has 5 heteroatoms. The van der Waals surface area contributed by atoms with Gasteiger partial charge in [0.05, 0.1) is 4.90 Å². The van der Waals surface area contributed by atoms with Crippen LogP contribution in [0.4, 0.5) is 13.2 Å². The average Bonchev–Trinajstić information content (AvgIpc) is 2.30. The Morgan fingerprint density at radius 3 is 2.47 bits per heavy atom. The van der Waals surface area contributed by atoms with Crippen molar-refractivity contribution in [2.24, 2.45) is 0 Å². The highest BCUT2D eigenvalue weighted by Crippen LogP contribution is 2.29. The van der Waals surface area contributed by atoms with Crippen molar-refractivity contribution in [3.05, 3.63) is 53.8 Å². The number of rotatable bonds is 2. The zero-order chi connectivity index (χ0) is 12.4. The third kappa shape index (κ3) is 2.55. The fourth-order valence-corrected chi connectivity index (χ4v) is 1.44. The molecule has 0 radical (unpaired) electrons. The van der Waals surface area contributed by atoms with E-state index in [9.17, 15) is 13.2 Å². The molecule has 2 rings (SSSR count). The minimum absolute atomic E-state index is 0.128. The van der Waals surface area contributed by atoms with E-state index in [0.717, 1.165) is 18.2 Å². The number of ether oxygens (including phenoxy) is 1. The molecule has 0 fully saturated rings. The average molecular weight is 256 g/mol. The summed E-state index contributed by atoms with van der Waals surface area (Å²) in [6, 6.07) is 7.37. The molecule has 0 aliphatic heterocycles. The molecule has 0 aliphatic rings. The van der Waals surface area contributed by atoms with Crippen LogP contribution in [0, 0.1) is 17.5 Å². The Morgan fingerprint density at radius 1 is 1.00 bits per heavy atom. The van der Waals surface area contributed by atoms with Crippen molar-refractivity contribution >= 4 is 12.6 Å². The lowest BCUT2D eigenvalue weighted by atomic mass is 10.3. The zero-order valence-electron chi connectivity index (χ0n) is 8.45. The Balaban J connectivity index is 2.34. The zero-order valence-corrected chi connectivity index (χ0v) is 9.35. The molecule has 1 nitrogen and oxygen atoms in total. The van der Waals surface area contributed by atoms with Gasteiger partial charge in [0.1, 0.15) is 17.4 Å². The second-order valence-electron chi connectivity index (χ2n) is 3.27. The van der Waals surface area contributed by atoms with Crippen LogP contribution in [0.2, 0.25) is 0 Å². The molecular formula is C12H7F3OS. The van der Waals surface area contributed by atoms with E-state index in [1.807, 2.05) is 0 Å². The van der Waals surface area contributed by atoms with Crippen molar-refractivity contribution in [1.82, 2.24) is 0 Å². The van der Waals surface area contributed by atoms with Gasteiger partial charge in [0.2, 0.25) is 0 Å². The standard InChI is InChI=1S/C12H7F3OS/c13-7-2-1-3-8(6-7)16-10-5-4-9(14)12(17)11(10)15/h1-6,17H. The lowest BCUT2D eigenvalue weighted by molar-refractivity contribution is 0.423. The summed E-state index contributed by atoms with van der Waals surface area (Å²) in [5.41, 5.74) is 0. The number of thiol groups is 1. The molecule has 0 N–H and O–H groups in total. The number of hydrogen-bond donors (Lipinski definition) is 1. The van der Waals surface area contributed by atoms with Gasteiger partial charge < -0.3 is 4.74 Å². The second kappa shape index (κ2) is 4.71. The Morgan fingerprint density at radius 2 is 1.76 bits per heavy atom.